The molecule has 0 bridgehead atoms. The maximum Gasteiger partial charge on any atom is 0.0406 e. The summed E-state index contributed by atoms with van der Waals surface area (Å²) in [5, 5.41) is 3.85. The summed E-state index contributed by atoms with van der Waals surface area (Å²) in [5.74, 6) is 0. The summed E-state index contributed by atoms with van der Waals surface area (Å²) in [7, 11) is 1.93. The predicted octanol–water partition coefficient (Wildman–Crippen LogP) is 3.09. The average Bonchev–Trinajstić information content (AvgIpc) is 2.13. The topological polar surface area (TPSA) is 12.0 Å². The molecule has 0 amide bonds. The Morgan fingerprint density at radius 3 is 2.08 bits per heavy atom. The molecule has 2 heteroatoms. The van der Waals surface area contributed by atoms with E-state index in [4.69, 9.17) is 11.6 Å². The monoisotopic (exact) mass is 185 g/mol. The number of rotatable bonds is 2. The Morgan fingerprint density at radius 2 is 1.67 bits per heavy atom. The van der Waals surface area contributed by atoms with E-state index >= 15 is 0 Å². The summed E-state index contributed by atoms with van der Waals surface area (Å²) in [6, 6.07) is 7.82. The Morgan fingerprint density at radius 1 is 1.17 bits per heavy atom. The van der Waals surface area contributed by atoms with Crippen LogP contribution in [0.15, 0.2) is 24.3 Å². The summed E-state index contributed by atoms with van der Waals surface area (Å²) in [5.41, 5.74) is 1.26. The fraction of sp³-hybridized carbons (Fsp3) is 0.400. The molecule has 0 spiro atoms. The average molecular weight is 186 g/mol. The van der Waals surface area contributed by atoms with Crippen LogP contribution in [0, 0.1) is 0 Å². The van der Waals surface area contributed by atoms with E-state index in [1.165, 1.54) is 5.56 Å². The highest BCUT2D eigenvalue weighted by Gasteiger charge is 1.88. The SMILES string of the molecule is CC.CNCc1ccc(Cl)cc1. The van der Waals surface area contributed by atoms with E-state index in [9.17, 15) is 0 Å². The number of hydrogen-bond donors (Lipinski definition) is 1. The first-order valence-corrected chi connectivity index (χ1v) is 4.60. The van der Waals surface area contributed by atoms with Gasteiger partial charge in [0, 0.05) is 11.6 Å². The molecule has 0 atom stereocenters. The van der Waals surface area contributed by atoms with Gasteiger partial charge in [0.25, 0.3) is 0 Å². The van der Waals surface area contributed by atoms with Gasteiger partial charge in [0.05, 0.1) is 0 Å². The minimum Gasteiger partial charge on any atom is -0.316 e. The fourth-order valence-corrected chi connectivity index (χ4v) is 0.932. The van der Waals surface area contributed by atoms with Gasteiger partial charge in [-0.1, -0.05) is 37.6 Å². The first-order chi connectivity index (χ1) is 5.83. The fourth-order valence-electron chi connectivity index (χ4n) is 0.806. The maximum absolute atomic E-state index is 5.69. The quantitative estimate of drug-likeness (QED) is 0.747. The zero-order valence-electron chi connectivity index (χ0n) is 7.89. The van der Waals surface area contributed by atoms with Crippen LogP contribution >= 0.6 is 11.6 Å². The highest BCUT2D eigenvalue weighted by molar-refractivity contribution is 6.30. The van der Waals surface area contributed by atoms with Gasteiger partial charge in [-0.3, -0.25) is 0 Å². The largest absolute Gasteiger partial charge is 0.316 e. The van der Waals surface area contributed by atoms with Crippen LogP contribution < -0.4 is 5.32 Å². The Bertz CT molecular complexity index is 193. The molecule has 1 aromatic rings. The zero-order valence-corrected chi connectivity index (χ0v) is 8.65. The van der Waals surface area contributed by atoms with E-state index in [0.717, 1.165) is 11.6 Å². The normalized spacial score (nSPS) is 8.67. The molecule has 12 heavy (non-hydrogen) atoms. The van der Waals surface area contributed by atoms with Crippen LogP contribution in [-0.2, 0) is 6.54 Å². The molecule has 1 rings (SSSR count). The molecule has 0 radical (unpaired) electrons. The van der Waals surface area contributed by atoms with Crippen LogP contribution in [-0.4, -0.2) is 7.05 Å². The van der Waals surface area contributed by atoms with Crippen LogP contribution in [0.5, 0.6) is 0 Å². The van der Waals surface area contributed by atoms with Crippen molar-refractivity contribution in [3.05, 3.63) is 34.9 Å². The van der Waals surface area contributed by atoms with Crippen molar-refractivity contribution >= 4 is 11.6 Å². The van der Waals surface area contributed by atoms with E-state index in [1.807, 2.05) is 45.2 Å². The molecule has 0 saturated carbocycles. The van der Waals surface area contributed by atoms with Gasteiger partial charge < -0.3 is 5.32 Å². The first-order valence-electron chi connectivity index (χ1n) is 4.22. The molecular weight excluding hydrogens is 170 g/mol. The molecular formula is C10H16ClN. The van der Waals surface area contributed by atoms with Gasteiger partial charge in [-0.05, 0) is 24.7 Å². The highest BCUT2D eigenvalue weighted by atomic mass is 35.5. The molecule has 0 aliphatic carbocycles. The van der Waals surface area contributed by atoms with Gasteiger partial charge in [-0.15, -0.1) is 0 Å². The van der Waals surface area contributed by atoms with Crippen LogP contribution in [0.3, 0.4) is 0 Å². The smallest absolute Gasteiger partial charge is 0.0406 e. The van der Waals surface area contributed by atoms with Gasteiger partial charge in [0.2, 0.25) is 0 Å². The lowest BCUT2D eigenvalue weighted by atomic mass is 10.2. The molecule has 1 N–H and O–H groups in total. The Hall–Kier alpha value is -0.530. The van der Waals surface area contributed by atoms with E-state index < -0.39 is 0 Å². The van der Waals surface area contributed by atoms with Crippen LogP contribution in [0.4, 0.5) is 0 Å². The summed E-state index contributed by atoms with van der Waals surface area (Å²) in [6.07, 6.45) is 0. The molecule has 0 saturated heterocycles. The standard InChI is InChI=1S/C8H10ClN.C2H6/c1-10-6-7-2-4-8(9)5-3-7;1-2/h2-5,10H,6H2,1H3;1-2H3. The molecule has 0 fully saturated rings. The van der Waals surface area contributed by atoms with E-state index in [0.29, 0.717) is 0 Å². The van der Waals surface area contributed by atoms with Crippen molar-refractivity contribution in [2.45, 2.75) is 20.4 Å². The van der Waals surface area contributed by atoms with Crippen molar-refractivity contribution in [3.63, 3.8) is 0 Å². The van der Waals surface area contributed by atoms with E-state index in [2.05, 4.69) is 5.32 Å². The molecule has 1 aromatic carbocycles. The minimum absolute atomic E-state index is 0.792. The number of benzene rings is 1. The lowest BCUT2D eigenvalue weighted by Gasteiger charge is -1.97. The third kappa shape index (κ3) is 4.37. The van der Waals surface area contributed by atoms with Crippen molar-refractivity contribution in [1.82, 2.24) is 5.32 Å². The van der Waals surface area contributed by atoms with Crippen molar-refractivity contribution in [3.8, 4) is 0 Å². The predicted molar refractivity (Wildman–Crippen MR) is 55.6 cm³/mol. The lowest BCUT2D eigenvalue weighted by molar-refractivity contribution is 0.818. The second-order valence-electron chi connectivity index (χ2n) is 2.16. The molecule has 0 heterocycles. The van der Waals surface area contributed by atoms with Gasteiger partial charge >= 0.3 is 0 Å². The molecule has 1 nitrogen and oxygen atoms in total. The summed E-state index contributed by atoms with van der Waals surface area (Å²) < 4.78 is 0. The molecule has 0 aliphatic heterocycles. The van der Waals surface area contributed by atoms with Crippen molar-refractivity contribution < 1.29 is 0 Å². The molecule has 0 unspecified atom stereocenters. The molecule has 68 valence electrons. The minimum atomic E-state index is 0.792. The van der Waals surface area contributed by atoms with Gasteiger partial charge in [-0.25, -0.2) is 0 Å². The van der Waals surface area contributed by atoms with Crippen LogP contribution in [0.25, 0.3) is 0 Å². The maximum atomic E-state index is 5.69. The van der Waals surface area contributed by atoms with E-state index in [1.54, 1.807) is 0 Å². The highest BCUT2D eigenvalue weighted by Crippen LogP contribution is 2.08. The number of hydrogen-bond acceptors (Lipinski definition) is 1. The Balaban J connectivity index is 0.000000561. The molecule has 0 aliphatic rings. The summed E-state index contributed by atoms with van der Waals surface area (Å²) >= 11 is 5.69. The van der Waals surface area contributed by atoms with Crippen molar-refractivity contribution in [1.29, 1.82) is 0 Å². The molecule has 0 aromatic heterocycles. The van der Waals surface area contributed by atoms with Gasteiger partial charge in [0.1, 0.15) is 0 Å². The first kappa shape index (κ1) is 11.5. The van der Waals surface area contributed by atoms with Gasteiger partial charge in [0.15, 0.2) is 0 Å². The van der Waals surface area contributed by atoms with E-state index in [-0.39, 0.29) is 0 Å². The second kappa shape index (κ2) is 7.14. The summed E-state index contributed by atoms with van der Waals surface area (Å²) in [6.45, 7) is 4.90. The number of halogens is 1. The van der Waals surface area contributed by atoms with Crippen molar-refractivity contribution in [2.75, 3.05) is 7.05 Å². The third-order valence-corrected chi connectivity index (χ3v) is 1.55. The van der Waals surface area contributed by atoms with Crippen molar-refractivity contribution in [2.24, 2.45) is 0 Å². The van der Waals surface area contributed by atoms with Gasteiger partial charge in [-0.2, -0.15) is 0 Å². The summed E-state index contributed by atoms with van der Waals surface area (Å²) in [4.78, 5) is 0. The number of nitrogens with one attached hydrogen (secondary N) is 1. The lowest BCUT2D eigenvalue weighted by Crippen LogP contribution is -2.04. The van der Waals surface area contributed by atoms with Crippen LogP contribution in [0.1, 0.15) is 19.4 Å². The Labute approximate surface area is 79.8 Å². The van der Waals surface area contributed by atoms with Crippen LogP contribution in [0.2, 0.25) is 5.02 Å². The zero-order chi connectivity index (χ0) is 9.40. The third-order valence-electron chi connectivity index (χ3n) is 1.29. The second-order valence-corrected chi connectivity index (χ2v) is 2.59. The Kier molecular flexibility index (Phi) is 6.82.